The normalized spacial score (nSPS) is 26.4. The van der Waals surface area contributed by atoms with E-state index in [1.54, 1.807) is 0 Å². The predicted octanol–water partition coefficient (Wildman–Crippen LogP) is 3.94. The molecule has 0 saturated carbocycles. The van der Waals surface area contributed by atoms with Gasteiger partial charge in [-0.1, -0.05) is 39.8 Å². The Kier molecular flexibility index (Phi) is 3.86. The Hall–Kier alpha value is -0.760. The molecule has 1 aliphatic carbocycles. The molecule has 2 rings (SSSR count). The second-order valence-corrected chi connectivity index (χ2v) is 6.79. The summed E-state index contributed by atoms with van der Waals surface area (Å²) in [6.07, 6.45) is 8.72. The maximum Gasteiger partial charge on any atom is 0.0999 e. The summed E-state index contributed by atoms with van der Waals surface area (Å²) in [5.74, 6) is 1.65. The van der Waals surface area contributed by atoms with Crippen molar-refractivity contribution in [1.29, 1.82) is 0 Å². The summed E-state index contributed by atoms with van der Waals surface area (Å²) in [5, 5.41) is 0. The molecule has 2 heteroatoms. The van der Waals surface area contributed by atoms with Crippen LogP contribution in [0.2, 0.25) is 0 Å². The van der Waals surface area contributed by atoms with E-state index in [0.717, 1.165) is 38.4 Å². The van der Waals surface area contributed by atoms with Gasteiger partial charge in [0.15, 0.2) is 0 Å². The first-order valence-corrected chi connectivity index (χ1v) is 7.04. The fourth-order valence-electron chi connectivity index (χ4n) is 2.56. The second kappa shape index (κ2) is 5.08. The first kappa shape index (κ1) is 13.7. The molecule has 2 aliphatic rings. The van der Waals surface area contributed by atoms with E-state index < -0.39 is 0 Å². The van der Waals surface area contributed by atoms with Gasteiger partial charge in [-0.3, -0.25) is 0 Å². The summed E-state index contributed by atoms with van der Waals surface area (Å²) in [6, 6.07) is 0. The van der Waals surface area contributed by atoms with Gasteiger partial charge in [-0.25, -0.2) is 0 Å². The number of rotatable bonds is 4. The molecule has 0 aromatic carbocycles. The highest BCUT2D eigenvalue weighted by molar-refractivity contribution is 5.18. The lowest BCUT2D eigenvalue weighted by Crippen LogP contribution is -2.46. The van der Waals surface area contributed by atoms with Gasteiger partial charge in [0.05, 0.1) is 31.0 Å². The van der Waals surface area contributed by atoms with Crippen LogP contribution in [0.1, 0.15) is 40.5 Å². The molecule has 1 unspecified atom stereocenters. The van der Waals surface area contributed by atoms with Crippen molar-refractivity contribution < 1.29 is 9.47 Å². The van der Waals surface area contributed by atoms with Crippen LogP contribution in [0.25, 0.3) is 0 Å². The second-order valence-electron chi connectivity index (χ2n) is 6.79. The summed E-state index contributed by atoms with van der Waals surface area (Å²) < 4.78 is 11.5. The number of ether oxygens (including phenoxy) is 2. The largest absolute Gasteiger partial charge is 0.497 e. The molecule has 1 saturated heterocycles. The molecule has 18 heavy (non-hydrogen) atoms. The maximum absolute atomic E-state index is 6.15. The van der Waals surface area contributed by atoms with E-state index >= 15 is 0 Å². The van der Waals surface area contributed by atoms with Crippen LogP contribution in [-0.4, -0.2) is 19.8 Å². The Balaban J connectivity index is 1.98. The van der Waals surface area contributed by atoms with Crippen LogP contribution in [0.5, 0.6) is 0 Å². The fraction of sp³-hybridized carbons (Fsp3) is 0.750. The van der Waals surface area contributed by atoms with Gasteiger partial charge in [0.1, 0.15) is 0 Å². The van der Waals surface area contributed by atoms with Crippen molar-refractivity contribution >= 4 is 0 Å². The number of hydrogen-bond acceptors (Lipinski definition) is 2. The van der Waals surface area contributed by atoms with Crippen molar-refractivity contribution in [3.8, 4) is 0 Å². The van der Waals surface area contributed by atoms with Crippen LogP contribution >= 0.6 is 0 Å². The molecule has 0 bridgehead atoms. The number of hydrogen-bond donors (Lipinski definition) is 0. The maximum atomic E-state index is 6.15. The van der Waals surface area contributed by atoms with Crippen LogP contribution in [0.4, 0.5) is 0 Å². The van der Waals surface area contributed by atoms with Crippen LogP contribution in [0, 0.1) is 16.7 Å². The van der Waals surface area contributed by atoms with Crippen LogP contribution in [0.15, 0.2) is 24.0 Å². The first-order valence-electron chi connectivity index (χ1n) is 7.04. The third-order valence-corrected chi connectivity index (χ3v) is 4.27. The summed E-state index contributed by atoms with van der Waals surface area (Å²) in [4.78, 5) is 0. The van der Waals surface area contributed by atoms with E-state index in [2.05, 4.69) is 45.9 Å². The van der Waals surface area contributed by atoms with Gasteiger partial charge in [0.25, 0.3) is 0 Å². The average molecular weight is 250 g/mol. The predicted molar refractivity (Wildman–Crippen MR) is 74.3 cm³/mol. The Bertz CT molecular complexity index is 337. The summed E-state index contributed by atoms with van der Waals surface area (Å²) in [6.45, 7) is 11.6. The molecule has 1 heterocycles. The molecule has 1 fully saturated rings. The van der Waals surface area contributed by atoms with Gasteiger partial charge >= 0.3 is 0 Å². The monoisotopic (exact) mass is 250 g/mol. The molecular weight excluding hydrogens is 224 g/mol. The van der Waals surface area contributed by atoms with Crippen molar-refractivity contribution in [2.75, 3.05) is 19.8 Å². The van der Waals surface area contributed by atoms with E-state index in [4.69, 9.17) is 9.47 Å². The molecule has 0 spiro atoms. The standard InChI is InChI=1S/C16H26O2/c1-5-16(10-17-11-16)12-18-14-9-7-6-8-13(14)15(2,3)4/h6-7,9,13H,5,8,10-12H2,1-4H3. The van der Waals surface area contributed by atoms with Gasteiger partial charge in [-0.05, 0) is 24.3 Å². The molecule has 0 N–H and O–H groups in total. The molecular formula is C16H26O2. The average Bonchev–Trinajstić information content (AvgIpc) is 2.27. The van der Waals surface area contributed by atoms with Crippen molar-refractivity contribution in [2.45, 2.75) is 40.5 Å². The highest BCUT2D eigenvalue weighted by Gasteiger charge is 2.39. The van der Waals surface area contributed by atoms with Crippen LogP contribution in [0.3, 0.4) is 0 Å². The molecule has 0 aromatic heterocycles. The quantitative estimate of drug-likeness (QED) is 0.752. The van der Waals surface area contributed by atoms with Crippen molar-refractivity contribution in [2.24, 2.45) is 16.7 Å². The van der Waals surface area contributed by atoms with E-state index in [1.165, 1.54) is 0 Å². The highest BCUT2D eigenvalue weighted by atomic mass is 16.5. The lowest BCUT2D eigenvalue weighted by atomic mass is 9.76. The van der Waals surface area contributed by atoms with Crippen molar-refractivity contribution in [3.63, 3.8) is 0 Å². The minimum atomic E-state index is 0.256. The smallest absolute Gasteiger partial charge is 0.0999 e. The zero-order valence-electron chi connectivity index (χ0n) is 12.2. The Morgan fingerprint density at radius 2 is 2.11 bits per heavy atom. The summed E-state index contributed by atoms with van der Waals surface area (Å²) >= 11 is 0. The summed E-state index contributed by atoms with van der Waals surface area (Å²) in [5.41, 5.74) is 0.524. The third kappa shape index (κ3) is 2.80. The van der Waals surface area contributed by atoms with E-state index in [0.29, 0.717) is 5.92 Å². The summed E-state index contributed by atoms with van der Waals surface area (Å²) in [7, 11) is 0. The SMILES string of the molecule is CCC1(COC2=CC=CCC2C(C)(C)C)COC1. The van der Waals surface area contributed by atoms with Crippen LogP contribution in [-0.2, 0) is 9.47 Å². The molecule has 0 aromatic rings. The Labute approximate surface area is 111 Å². The zero-order valence-corrected chi connectivity index (χ0v) is 12.2. The van der Waals surface area contributed by atoms with Gasteiger partial charge in [-0.2, -0.15) is 0 Å². The minimum absolute atomic E-state index is 0.256. The molecule has 0 amide bonds. The molecule has 0 radical (unpaired) electrons. The van der Waals surface area contributed by atoms with E-state index in [1.807, 2.05) is 0 Å². The Morgan fingerprint density at radius 3 is 2.61 bits per heavy atom. The highest BCUT2D eigenvalue weighted by Crippen LogP contribution is 2.39. The van der Waals surface area contributed by atoms with Gasteiger partial charge in [0.2, 0.25) is 0 Å². The number of allylic oxidation sites excluding steroid dienone is 4. The van der Waals surface area contributed by atoms with Gasteiger partial charge in [-0.15, -0.1) is 0 Å². The van der Waals surface area contributed by atoms with E-state index in [9.17, 15) is 0 Å². The molecule has 102 valence electrons. The van der Waals surface area contributed by atoms with Gasteiger partial charge < -0.3 is 9.47 Å². The fourth-order valence-corrected chi connectivity index (χ4v) is 2.56. The topological polar surface area (TPSA) is 18.5 Å². The zero-order chi connectivity index (χ0) is 13.2. The minimum Gasteiger partial charge on any atom is -0.497 e. The lowest BCUT2D eigenvalue weighted by Gasteiger charge is -2.42. The van der Waals surface area contributed by atoms with E-state index in [-0.39, 0.29) is 10.8 Å². The van der Waals surface area contributed by atoms with Crippen molar-refractivity contribution in [3.05, 3.63) is 24.0 Å². The van der Waals surface area contributed by atoms with Gasteiger partial charge in [0, 0.05) is 5.92 Å². The van der Waals surface area contributed by atoms with Crippen molar-refractivity contribution in [1.82, 2.24) is 0 Å². The molecule has 1 atom stereocenters. The van der Waals surface area contributed by atoms with Crippen LogP contribution < -0.4 is 0 Å². The Morgan fingerprint density at radius 1 is 1.39 bits per heavy atom. The molecule has 1 aliphatic heterocycles. The molecule has 2 nitrogen and oxygen atoms in total. The first-order chi connectivity index (χ1) is 8.47. The third-order valence-electron chi connectivity index (χ3n) is 4.27. The lowest BCUT2D eigenvalue weighted by molar-refractivity contribution is -0.145.